The normalized spacial score (nSPS) is 16.5. The summed E-state index contributed by atoms with van der Waals surface area (Å²) in [5.74, 6) is -1.97. The van der Waals surface area contributed by atoms with E-state index < -0.39 is 17.7 Å². The lowest BCUT2D eigenvalue weighted by Crippen LogP contribution is -2.42. The Bertz CT molecular complexity index is 756. The van der Waals surface area contributed by atoms with Crippen LogP contribution in [0.4, 0.5) is 5.69 Å². The van der Waals surface area contributed by atoms with Gasteiger partial charge in [-0.15, -0.1) is 0 Å². The van der Waals surface area contributed by atoms with Gasteiger partial charge in [0.1, 0.15) is 5.82 Å². The minimum atomic E-state index is -1.25. The molecule has 118 valence electrons. The number of carbonyl (C=O) groups excluding carboxylic acids is 2. The van der Waals surface area contributed by atoms with Crippen LogP contribution in [-0.2, 0) is 19.1 Å². The molecule has 0 radical (unpaired) electrons. The number of H-pyrrole nitrogens is 1. The van der Waals surface area contributed by atoms with Gasteiger partial charge >= 0.3 is 11.9 Å². The Balaban J connectivity index is 1.79. The molecule has 0 bridgehead atoms. The number of benzene rings is 1. The second kappa shape index (κ2) is 5.60. The molecular formula is C16H15N3O4. The maximum Gasteiger partial charge on any atom is 0.350 e. The van der Waals surface area contributed by atoms with Crippen LogP contribution in [0.3, 0.4) is 0 Å². The molecule has 2 aromatic rings. The number of rotatable bonds is 3. The van der Waals surface area contributed by atoms with Crippen LogP contribution >= 0.6 is 0 Å². The molecule has 1 saturated heterocycles. The van der Waals surface area contributed by atoms with Crippen LogP contribution in [-0.4, -0.2) is 27.7 Å². The highest BCUT2D eigenvalue weighted by Gasteiger charge is 2.38. The van der Waals surface area contributed by atoms with Gasteiger partial charge in [0, 0.05) is 43.7 Å². The van der Waals surface area contributed by atoms with Crippen molar-refractivity contribution >= 4 is 17.6 Å². The summed E-state index contributed by atoms with van der Waals surface area (Å²) in [6.45, 7) is 3.00. The van der Waals surface area contributed by atoms with E-state index in [9.17, 15) is 9.59 Å². The molecule has 0 amide bonds. The Kier molecular flexibility index (Phi) is 3.61. The number of aromatic nitrogens is 2. The van der Waals surface area contributed by atoms with Gasteiger partial charge in [-0.1, -0.05) is 12.1 Å². The zero-order valence-electron chi connectivity index (χ0n) is 12.6. The number of carbonyl (C=O) groups is 2. The summed E-state index contributed by atoms with van der Waals surface area (Å²) >= 11 is 0. The Labute approximate surface area is 132 Å². The van der Waals surface area contributed by atoms with Gasteiger partial charge in [-0.25, -0.2) is 14.6 Å². The molecule has 0 spiro atoms. The van der Waals surface area contributed by atoms with E-state index in [1.807, 2.05) is 18.2 Å². The zero-order chi connectivity index (χ0) is 16.4. The number of nitrogens with zero attached hydrogens (tertiary/aromatic N) is 1. The quantitative estimate of drug-likeness (QED) is 0.512. The smallest absolute Gasteiger partial charge is 0.350 e. The SMILES string of the molecule is CC1(C)OC(=O)C(=CNc2cccc(-c3ncc[nH]3)c2)C(=O)O1. The molecule has 23 heavy (non-hydrogen) atoms. The summed E-state index contributed by atoms with van der Waals surface area (Å²) in [7, 11) is 0. The highest BCUT2D eigenvalue weighted by molar-refractivity contribution is 6.15. The Morgan fingerprint density at radius 3 is 2.61 bits per heavy atom. The largest absolute Gasteiger partial charge is 0.419 e. The Morgan fingerprint density at radius 2 is 1.96 bits per heavy atom. The van der Waals surface area contributed by atoms with E-state index in [0.717, 1.165) is 11.4 Å². The molecular weight excluding hydrogens is 298 g/mol. The fourth-order valence-corrected chi connectivity index (χ4v) is 2.11. The molecule has 7 heteroatoms. The predicted molar refractivity (Wildman–Crippen MR) is 82.0 cm³/mol. The van der Waals surface area contributed by atoms with Gasteiger partial charge in [0.25, 0.3) is 5.79 Å². The first-order valence-electron chi connectivity index (χ1n) is 6.98. The predicted octanol–water partition coefficient (Wildman–Crippen LogP) is 2.21. The highest BCUT2D eigenvalue weighted by atomic mass is 16.7. The molecule has 1 aliphatic heterocycles. The van der Waals surface area contributed by atoms with Gasteiger partial charge < -0.3 is 19.8 Å². The van der Waals surface area contributed by atoms with Crippen LogP contribution in [0.2, 0.25) is 0 Å². The van der Waals surface area contributed by atoms with Crippen LogP contribution in [0.1, 0.15) is 13.8 Å². The van der Waals surface area contributed by atoms with Crippen LogP contribution < -0.4 is 5.32 Å². The van der Waals surface area contributed by atoms with E-state index in [2.05, 4.69) is 15.3 Å². The summed E-state index contributed by atoms with van der Waals surface area (Å²) in [4.78, 5) is 30.9. The van der Waals surface area contributed by atoms with Crippen molar-refractivity contribution in [1.29, 1.82) is 0 Å². The minimum absolute atomic E-state index is 0.187. The first-order chi connectivity index (χ1) is 10.9. The van der Waals surface area contributed by atoms with Gasteiger partial charge in [0.05, 0.1) is 0 Å². The van der Waals surface area contributed by atoms with Gasteiger partial charge in [-0.3, -0.25) is 0 Å². The van der Waals surface area contributed by atoms with Crippen molar-refractivity contribution in [2.24, 2.45) is 0 Å². The molecule has 2 N–H and O–H groups in total. The first-order valence-corrected chi connectivity index (χ1v) is 6.98. The highest BCUT2D eigenvalue weighted by Crippen LogP contribution is 2.23. The van der Waals surface area contributed by atoms with E-state index in [-0.39, 0.29) is 5.57 Å². The maximum atomic E-state index is 11.8. The zero-order valence-corrected chi connectivity index (χ0v) is 12.6. The average molecular weight is 313 g/mol. The molecule has 1 aliphatic rings. The fraction of sp³-hybridized carbons (Fsp3) is 0.188. The van der Waals surface area contributed by atoms with E-state index >= 15 is 0 Å². The third-order valence-electron chi connectivity index (χ3n) is 3.13. The minimum Gasteiger partial charge on any atom is -0.419 e. The monoisotopic (exact) mass is 313 g/mol. The summed E-state index contributed by atoms with van der Waals surface area (Å²) in [6, 6.07) is 7.36. The van der Waals surface area contributed by atoms with Crippen molar-refractivity contribution < 1.29 is 19.1 Å². The lowest BCUT2D eigenvalue weighted by atomic mass is 10.2. The Hall–Kier alpha value is -3.09. The maximum absolute atomic E-state index is 11.8. The van der Waals surface area contributed by atoms with Crippen molar-refractivity contribution in [2.45, 2.75) is 19.6 Å². The number of esters is 2. The van der Waals surface area contributed by atoms with E-state index in [1.54, 1.807) is 18.5 Å². The van der Waals surface area contributed by atoms with Crippen molar-refractivity contribution in [2.75, 3.05) is 5.32 Å². The first kappa shape index (κ1) is 14.8. The van der Waals surface area contributed by atoms with Crippen molar-refractivity contribution in [3.63, 3.8) is 0 Å². The number of hydrogen-bond acceptors (Lipinski definition) is 6. The lowest BCUT2D eigenvalue weighted by molar-refractivity contribution is -0.222. The standard InChI is InChI=1S/C16H15N3O4/c1-16(2)22-14(20)12(15(21)23-16)9-19-11-5-3-4-10(8-11)13-17-6-7-18-13/h3-9,19H,1-2H3,(H,17,18). The molecule has 0 aliphatic carbocycles. The van der Waals surface area contributed by atoms with Crippen LogP contribution in [0.15, 0.2) is 48.4 Å². The third kappa shape index (κ3) is 3.23. The number of hydrogen-bond donors (Lipinski definition) is 2. The van der Waals surface area contributed by atoms with Crippen LogP contribution in [0.5, 0.6) is 0 Å². The van der Waals surface area contributed by atoms with Gasteiger partial charge in [-0.2, -0.15) is 0 Å². The number of anilines is 1. The van der Waals surface area contributed by atoms with Crippen molar-refractivity contribution in [3.8, 4) is 11.4 Å². The summed E-state index contributed by atoms with van der Waals surface area (Å²) in [5.41, 5.74) is 1.37. The lowest BCUT2D eigenvalue weighted by Gasteiger charge is -2.29. The van der Waals surface area contributed by atoms with E-state index in [4.69, 9.17) is 9.47 Å². The van der Waals surface area contributed by atoms with Gasteiger partial charge in [0.2, 0.25) is 0 Å². The molecule has 1 fully saturated rings. The number of nitrogens with one attached hydrogen (secondary N) is 2. The summed E-state index contributed by atoms with van der Waals surface area (Å²) in [6.07, 6.45) is 4.67. The van der Waals surface area contributed by atoms with E-state index in [1.165, 1.54) is 20.0 Å². The molecule has 3 rings (SSSR count). The van der Waals surface area contributed by atoms with Crippen molar-refractivity contribution in [3.05, 3.63) is 48.4 Å². The van der Waals surface area contributed by atoms with Crippen LogP contribution in [0.25, 0.3) is 11.4 Å². The molecule has 1 aromatic carbocycles. The third-order valence-corrected chi connectivity index (χ3v) is 3.13. The number of aromatic amines is 1. The molecule has 0 unspecified atom stereocenters. The average Bonchev–Trinajstić information content (AvgIpc) is 2.99. The number of imidazole rings is 1. The molecule has 1 aromatic heterocycles. The topological polar surface area (TPSA) is 93.3 Å². The molecule has 0 atom stereocenters. The van der Waals surface area contributed by atoms with E-state index in [0.29, 0.717) is 5.69 Å². The number of cyclic esters (lactones) is 2. The van der Waals surface area contributed by atoms with Crippen LogP contribution in [0, 0.1) is 0 Å². The summed E-state index contributed by atoms with van der Waals surface area (Å²) < 4.78 is 10.0. The van der Waals surface area contributed by atoms with Gasteiger partial charge in [0.15, 0.2) is 5.57 Å². The molecule has 7 nitrogen and oxygen atoms in total. The second-order valence-corrected chi connectivity index (χ2v) is 5.40. The molecule has 2 heterocycles. The van der Waals surface area contributed by atoms with Gasteiger partial charge in [-0.05, 0) is 12.1 Å². The second-order valence-electron chi connectivity index (χ2n) is 5.40. The Morgan fingerprint density at radius 1 is 1.22 bits per heavy atom. The van der Waals surface area contributed by atoms with Crippen molar-refractivity contribution in [1.82, 2.24) is 9.97 Å². The summed E-state index contributed by atoms with van der Waals surface area (Å²) in [5, 5.41) is 2.90. The molecule has 0 saturated carbocycles. The number of ether oxygens (including phenoxy) is 2. The fourth-order valence-electron chi connectivity index (χ4n) is 2.11.